The van der Waals surface area contributed by atoms with Crippen LogP contribution in [0.3, 0.4) is 0 Å². The van der Waals surface area contributed by atoms with Gasteiger partial charge in [0.25, 0.3) is 5.91 Å². The van der Waals surface area contributed by atoms with Gasteiger partial charge in [-0.1, -0.05) is 32.0 Å². The third-order valence-corrected chi connectivity index (χ3v) is 5.67. The molecule has 2 aromatic carbocycles. The van der Waals surface area contributed by atoms with Gasteiger partial charge >= 0.3 is 0 Å². The standard InChI is InChI=1S/C24H29N3O3/c1-5-16(2)20-8-6-7-9-21(20)27-15-18(14-22(27)28)23(29)25-19-12-10-17(11-13-19)24(30)26(3)4/h6-13,16,18H,5,14-15H2,1-4H3,(H,25,29)/t16-,18+/m0/s1. The Morgan fingerprint density at radius 3 is 2.43 bits per heavy atom. The lowest BCUT2D eigenvalue weighted by molar-refractivity contribution is -0.122. The van der Waals surface area contributed by atoms with E-state index in [-0.39, 0.29) is 24.1 Å². The highest BCUT2D eigenvalue weighted by atomic mass is 16.2. The second-order valence-corrected chi connectivity index (χ2v) is 8.04. The van der Waals surface area contributed by atoms with Crippen LogP contribution in [0.4, 0.5) is 11.4 Å². The second-order valence-electron chi connectivity index (χ2n) is 8.04. The molecule has 2 aromatic rings. The molecule has 1 aliphatic rings. The number of carbonyl (C=O) groups excluding carboxylic acids is 3. The molecule has 1 N–H and O–H groups in total. The second kappa shape index (κ2) is 9.11. The van der Waals surface area contributed by atoms with Crippen LogP contribution in [-0.2, 0) is 9.59 Å². The number of nitrogens with one attached hydrogen (secondary N) is 1. The van der Waals surface area contributed by atoms with Gasteiger partial charge in [-0.05, 0) is 48.2 Å². The quantitative estimate of drug-likeness (QED) is 0.790. The first-order chi connectivity index (χ1) is 14.3. The van der Waals surface area contributed by atoms with Crippen molar-refractivity contribution in [1.82, 2.24) is 4.90 Å². The zero-order chi connectivity index (χ0) is 21.8. The minimum absolute atomic E-state index is 0.0298. The normalized spacial score (nSPS) is 17.0. The van der Waals surface area contributed by atoms with E-state index in [1.165, 1.54) is 4.90 Å². The number of benzene rings is 2. The van der Waals surface area contributed by atoms with Crippen molar-refractivity contribution < 1.29 is 14.4 Å². The minimum Gasteiger partial charge on any atom is -0.345 e. The molecule has 0 aliphatic carbocycles. The molecule has 0 aromatic heterocycles. The summed E-state index contributed by atoms with van der Waals surface area (Å²) in [5.74, 6) is -0.378. The van der Waals surface area contributed by atoms with E-state index in [1.54, 1.807) is 43.3 Å². The third kappa shape index (κ3) is 4.53. The molecule has 2 atom stereocenters. The first-order valence-electron chi connectivity index (χ1n) is 10.3. The number of para-hydroxylation sites is 1. The summed E-state index contributed by atoms with van der Waals surface area (Å²) < 4.78 is 0. The summed E-state index contributed by atoms with van der Waals surface area (Å²) in [5.41, 5.74) is 3.21. The van der Waals surface area contributed by atoms with Gasteiger partial charge in [-0.15, -0.1) is 0 Å². The van der Waals surface area contributed by atoms with Crippen molar-refractivity contribution in [2.75, 3.05) is 30.9 Å². The van der Waals surface area contributed by atoms with Gasteiger partial charge in [0.15, 0.2) is 0 Å². The van der Waals surface area contributed by atoms with E-state index < -0.39 is 5.92 Å². The highest BCUT2D eigenvalue weighted by molar-refractivity contribution is 6.04. The molecule has 0 bridgehead atoms. The van der Waals surface area contributed by atoms with Crippen molar-refractivity contribution in [1.29, 1.82) is 0 Å². The Labute approximate surface area is 177 Å². The van der Waals surface area contributed by atoms with E-state index >= 15 is 0 Å². The van der Waals surface area contributed by atoms with Crippen LogP contribution in [0.25, 0.3) is 0 Å². The van der Waals surface area contributed by atoms with Crippen molar-refractivity contribution in [2.45, 2.75) is 32.6 Å². The number of amides is 3. The van der Waals surface area contributed by atoms with Gasteiger partial charge in [-0.25, -0.2) is 0 Å². The smallest absolute Gasteiger partial charge is 0.253 e. The molecule has 0 radical (unpaired) electrons. The van der Waals surface area contributed by atoms with E-state index in [2.05, 4.69) is 25.2 Å². The summed E-state index contributed by atoms with van der Waals surface area (Å²) in [6, 6.07) is 14.7. The van der Waals surface area contributed by atoms with E-state index in [1.807, 2.05) is 18.2 Å². The Morgan fingerprint density at radius 1 is 1.13 bits per heavy atom. The van der Waals surface area contributed by atoms with Crippen LogP contribution in [0.1, 0.15) is 48.5 Å². The SMILES string of the molecule is CC[C@H](C)c1ccccc1N1C[C@H](C(=O)Nc2ccc(C(=O)N(C)C)cc2)CC1=O. The lowest BCUT2D eigenvalue weighted by Crippen LogP contribution is -2.29. The molecule has 1 aliphatic heterocycles. The number of nitrogens with zero attached hydrogens (tertiary/aromatic N) is 2. The molecular weight excluding hydrogens is 378 g/mol. The summed E-state index contributed by atoms with van der Waals surface area (Å²) >= 11 is 0. The topological polar surface area (TPSA) is 69.7 Å². The fourth-order valence-corrected chi connectivity index (χ4v) is 3.68. The van der Waals surface area contributed by atoms with Crippen LogP contribution in [-0.4, -0.2) is 43.3 Å². The minimum atomic E-state index is -0.412. The van der Waals surface area contributed by atoms with Gasteiger partial charge in [-0.3, -0.25) is 14.4 Å². The highest BCUT2D eigenvalue weighted by Crippen LogP contribution is 2.33. The van der Waals surface area contributed by atoms with Gasteiger partial charge in [0.05, 0.1) is 5.92 Å². The average Bonchev–Trinajstić information content (AvgIpc) is 3.14. The Morgan fingerprint density at radius 2 is 1.80 bits per heavy atom. The molecule has 6 nitrogen and oxygen atoms in total. The van der Waals surface area contributed by atoms with Crippen LogP contribution in [0, 0.1) is 5.92 Å². The number of hydrogen-bond acceptors (Lipinski definition) is 3. The first kappa shape index (κ1) is 21.6. The average molecular weight is 408 g/mol. The third-order valence-electron chi connectivity index (χ3n) is 5.67. The molecule has 0 saturated carbocycles. The Kier molecular flexibility index (Phi) is 6.55. The van der Waals surface area contributed by atoms with Gasteiger partial charge in [-0.2, -0.15) is 0 Å². The summed E-state index contributed by atoms with van der Waals surface area (Å²) in [5, 5.41) is 2.88. The highest BCUT2D eigenvalue weighted by Gasteiger charge is 2.36. The Balaban J connectivity index is 1.70. The molecule has 0 unspecified atom stereocenters. The Bertz CT molecular complexity index is 937. The number of anilines is 2. The van der Waals surface area contributed by atoms with Gasteiger partial charge < -0.3 is 15.1 Å². The fraction of sp³-hybridized carbons (Fsp3) is 0.375. The van der Waals surface area contributed by atoms with Crippen molar-refractivity contribution in [3.8, 4) is 0 Å². The van der Waals surface area contributed by atoms with Crippen molar-refractivity contribution >= 4 is 29.1 Å². The van der Waals surface area contributed by atoms with Gasteiger partial charge in [0.2, 0.25) is 11.8 Å². The lowest BCUT2D eigenvalue weighted by atomic mass is 9.96. The predicted molar refractivity (Wildman–Crippen MR) is 119 cm³/mol. The maximum Gasteiger partial charge on any atom is 0.253 e. The molecule has 0 spiro atoms. The molecule has 158 valence electrons. The summed E-state index contributed by atoms with van der Waals surface area (Å²) in [6.45, 7) is 4.64. The van der Waals surface area contributed by atoms with Crippen molar-refractivity contribution in [2.24, 2.45) is 5.92 Å². The molecule has 1 fully saturated rings. The van der Waals surface area contributed by atoms with E-state index in [4.69, 9.17) is 0 Å². The van der Waals surface area contributed by atoms with Gasteiger partial charge in [0, 0.05) is 44.0 Å². The van der Waals surface area contributed by atoms with Crippen molar-refractivity contribution in [3.63, 3.8) is 0 Å². The molecule has 30 heavy (non-hydrogen) atoms. The zero-order valence-electron chi connectivity index (χ0n) is 18.0. The maximum absolute atomic E-state index is 12.8. The summed E-state index contributed by atoms with van der Waals surface area (Å²) in [7, 11) is 3.39. The molecular formula is C24H29N3O3. The van der Waals surface area contributed by atoms with Crippen LogP contribution in [0.5, 0.6) is 0 Å². The molecule has 3 amide bonds. The lowest BCUT2D eigenvalue weighted by Gasteiger charge is -2.23. The monoisotopic (exact) mass is 407 g/mol. The number of carbonyl (C=O) groups is 3. The number of rotatable bonds is 6. The Hall–Kier alpha value is -3.15. The van der Waals surface area contributed by atoms with E-state index in [0.29, 0.717) is 23.7 Å². The summed E-state index contributed by atoms with van der Waals surface area (Å²) in [6.07, 6.45) is 1.17. The van der Waals surface area contributed by atoms with Crippen LogP contribution in [0.2, 0.25) is 0 Å². The predicted octanol–water partition coefficient (Wildman–Crippen LogP) is 3.89. The van der Waals surface area contributed by atoms with Gasteiger partial charge in [0.1, 0.15) is 0 Å². The zero-order valence-corrected chi connectivity index (χ0v) is 18.0. The first-order valence-corrected chi connectivity index (χ1v) is 10.3. The molecule has 3 rings (SSSR count). The fourth-order valence-electron chi connectivity index (χ4n) is 3.68. The number of hydrogen-bond donors (Lipinski definition) is 1. The molecule has 1 saturated heterocycles. The van der Waals surface area contributed by atoms with Crippen molar-refractivity contribution in [3.05, 3.63) is 59.7 Å². The molecule has 1 heterocycles. The summed E-state index contributed by atoms with van der Waals surface area (Å²) in [4.78, 5) is 40.7. The van der Waals surface area contributed by atoms with Crippen LogP contribution >= 0.6 is 0 Å². The van der Waals surface area contributed by atoms with Crippen LogP contribution < -0.4 is 10.2 Å². The van der Waals surface area contributed by atoms with E-state index in [9.17, 15) is 14.4 Å². The van der Waals surface area contributed by atoms with Crippen LogP contribution in [0.15, 0.2) is 48.5 Å². The largest absolute Gasteiger partial charge is 0.345 e. The van der Waals surface area contributed by atoms with E-state index in [0.717, 1.165) is 17.7 Å². The maximum atomic E-state index is 12.8. The molecule has 6 heteroatoms.